The molecule has 1 fully saturated rings. The van der Waals surface area contributed by atoms with Gasteiger partial charge in [0.05, 0.1) is 6.67 Å². The molecule has 1 atom stereocenters. The van der Waals surface area contributed by atoms with Gasteiger partial charge < -0.3 is 0 Å². The highest BCUT2D eigenvalue weighted by Gasteiger charge is 2.11. The molecule has 1 unspecified atom stereocenters. The van der Waals surface area contributed by atoms with E-state index in [1.807, 2.05) is 0 Å². The monoisotopic (exact) mass is 115 g/mol. The van der Waals surface area contributed by atoms with E-state index in [1.54, 1.807) is 0 Å². The van der Waals surface area contributed by atoms with E-state index >= 15 is 0 Å². The van der Waals surface area contributed by atoms with E-state index in [0.29, 0.717) is 5.92 Å². The average Bonchev–Trinajstić information content (AvgIpc) is 1.90. The van der Waals surface area contributed by atoms with Crippen LogP contribution < -0.4 is 0 Å². The predicted octanol–water partition coefficient (Wildman–Crippen LogP) is 2.35. The van der Waals surface area contributed by atoms with Gasteiger partial charge in [0, 0.05) is 0 Å². The molecule has 0 amide bonds. The third-order valence-electron chi connectivity index (χ3n) is 1.74. The lowest BCUT2D eigenvalue weighted by Gasteiger charge is -2.16. The first kappa shape index (κ1) is 6.06. The fourth-order valence-corrected chi connectivity index (χ4v) is 1.16. The largest absolute Gasteiger partial charge is 0.251 e. The molecule has 0 spiro atoms. The molecule has 0 heterocycles. The van der Waals surface area contributed by atoms with Crippen molar-refractivity contribution in [1.82, 2.24) is 0 Å². The van der Waals surface area contributed by atoms with Crippen LogP contribution in [0.2, 0.25) is 0 Å². The van der Waals surface area contributed by atoms with Gasteiger partial charge in [0.2, 0.25) is 0 Å². The number of alkyl halides is 1. The van der Waals surface area contributed by atoms with Crippen LogP contribution in [0.3, 0.4) is 0 Å². The van der Waals surface area contributed by atoms with Gasteiger partial charge in [-0.2, -0.15) is 0 Å². The van der Waals surface area contributed by atoms with Crippen LogP contribution >= 0.6 is 0 Å². The summed E-state index contributed by atoms with van der Waals surface area (Å²) in [6.07, 6.45) is 6.72. The van der Waals surface area contributed by atoms with E-state index < -0.39 is 0 Å². The molecular formula is C7H12F. The Morgan fingerprint density at radius 2 is 2.50 bits per heavy atom. The summed E-state index contributed by atoms with van der Waals surface area (Å²) in [4.78, 5) is 0. The van der Waals surface area contributed by atoms with Crippen LogP contribution in [-0.4, -0.2) is 6.67 Å². The molecule has 1 radical (unpaired) electrons. The summed E-state index contributed by atoms with van der Waals surface area (Å²) in [5.74, 6) is 0.365. The van der Waals surface area contributed by atoms with Gasteiger partial charge in [0.25, 0.3) is 0 Å². The SMILES string of the molecule is FCC1C[CH]CCC1. The molecule has 1 aliphatic carbocycles. The summed E-state index contributed by atoms with van der Waals surface area (Å²) in [6.45, 7) is -0.115. The minimum absolute atomic E-state index is 0.115. The molecule has 0 aromatic carbocycles. The second-order valence-electron chi connectivity index (χ2n) is 2.48. The minimum atomic E-state index is -0.115. The van der Waals surface area contributed by atoms with Crippen LogP contribution in [0.15, 0.2) is 0 Å². The molecule has 0 N–H and O–H groups in total. The summed E-state index contributed by atoms with van der Waals surface area (Å²) in [6, 6.07) is 0. The smallest absolute Gasteiger partial charge is 0.0922 e. The second kappa shape index (κ2) is 3.06. The predicted molar refractivity (Wildman–Crippen MR) is 32.2 cm³/mol. The van der Waals surface area contributed by atoms with E-state index in [9.17, 15) is 4.39 Å². The fourth-order valence-electron chi connectivity index (χ4n) is 1.16. The Hall–Kier alpha value is -0.0700. The first-order valence-corrected chi connectivity index (χ1v) is 3.31. The summed E-state index contributed by atoms with van der Waals surface area (Å²) in [5.41, 5.74) is 0. The van der Waals surface area contributed by atoms with Gasteiger partial charge >= 0.3 is 0 Å². The molecule has 1 saturated carbocycles. The molecule has 0 bridgehead atoms. The molecule has 1 rings (SSSR count). The lowest BCUT2D eigenvalue weighted by molar-refractivity contribution is 0.312. The van der Waals surface area contributed by atoms with Crippen LogP contribution in [0.4, 0.5) is 4.39 Å². The van der Waals surface area contributed by atoms with Crippen molar-refractivity contribution in [3.63, 3.8) is 0 Å². The van der Waals surface area contributed by atoms with Gasteiger partial charge in [0.15, 0.2) is 0 Å². The van der Waals surface area contributed by atoms with Crippen LogP contribution in [0, 0.1) is 12.3 Å². The molecule has 0 aliphatic heterocycles. The third-order valence-corrected chi connectivity index (χ3v) is 1.74. The summed E-state index contributed by atoms with van der Waals surface area (Å²) < 4.78 is 11.9. The Morgan fingerprint density at radius 1 is 1.62 bits per heavy atom. The van der Waals surface area contributed by atoms with Crippen molar-refractivity contribution in [3.05, 3.63) is 6.42 Å². The van der Waals surface area contributed by atoms with Crippen LogP contribution in [0.1, 0.15) is 25.7 Å². The van der Waals surface area contributed by atoms with E-state index in [2.05, 4.69) is 6.42 Å². The van der Waals surface area contributed by atoms with Gasteiger partial charge in [-0.25, -0.2) is 0 Å². The third kappa shape index (κ3) is 1.46. The van der Waals surface area contributed by atoms with Crippen molar-refractivity contribution in [3.8, 4) is 0 Å². The van der Waals surface area contributed by atoms with Crippen LogP contribution in [-0.2, 0) is 0 Å². The van der Waals surface area contributed by atoms with Gasteiger partial charge in [0.1, 0.15) is 0 Å². The maximum Gasteiger partial charge on any atom is 0.0922 e. The zero-order valence-corrected chi connectivity index (χ0v) is 5.07. The molecule has 0 aromatic rings. The fraction of sp³-hybridized carbons (Fsp3) is 0.857. The first-order chi connectivity index (χ1) is 3.93. The molecule has 1 heteroatoms. The Morgan fingerprint density at radius 3 is 2.88 bits per heavy atom. The van der Waals surface area contributed by atoms with Gasteiger partial charge in [-0.3, -0.25) is 4.39 Å². The van der Waals surface area contributed by atoms with Crippen molar-refractivity contribution in [2.45, 2.75) is 25.7 Å². The molecule has 47 valence electrons. The van der Waals surface area contributed by atoms with Crippen molar-refractivity contribution >= 4 is 0 Å². The molecule has 8 heavy (non-hydrogen) atoms. The topological polar surface area (TPSA) is 0 Å². The number of rotatable bonds is 1. The summed E-state index contributed by atoms with van der Waals surface area (Å²) in [5, 5.41) is 0. The van der Waals surface area contributed by atoms with Crippen LogP contribution in [0.5, 0.6) is 0 Å². The van der Waals surface area contributed by atoms with Crippen molar-refractivity contribution < 1.29 is 4.39 Å². The Balaban J connectivity index is 2.13. The standard InChI is InChI=1S/C7H12F/c8-6-7-4-2-1-3-5-7/h2,7H,1,3-6H2. The first-order valence-electron chi connectivity index (χ1n) is 3.31. The zero-order valence-electron chi connectivity index (χ0n) is 5.07. The van der Waals surface area contributed by atoms with Crippen LogP contribution in [0.25, 0.3) is 0 Å². The van der Waals surface area contributed by atoms with Crippen molar-refractivity contribution in [1.29, 1.82) is 0 Å². The zero-order chi connectivity index (χ0) is 5.82. The maximum atomic E-state index is 11.9. The Bertz CT molecular complexity index is 55.4. The van der Waals surface area contributed by atoms with E-state index in [-0.39, 0.29) is 6.67 Å². The lowest BCUT2D eigenvalue weighted by Crippen LogP contribution is -2.07. The normalized spacial score (nSPS) is 23.6. The Labute approximate surface area is 50.1 Å². The van der Waals surface area contributed by atoms with Gasteiger partial charge in [-0.1, -0.05) is 12.8 Å². The van der Waals surface area contributed by atoms with Crippen molar-refractivity contribution in [2.24, 2.45) is 5.92 Å². The average molecular weight is 115 g/mol. The van der Waals surface area contributed by atoms with E-state index in [4.69, 9.17) is 0 Å². The van der Waals surface area contributed by atoms with E-state index in [1.165, 1.54) is 12.8 Å². The van der Waals surface area contributed by atoms with Crippen molar-refractivity contribution in [2.75, 3.05) is 6.67 Å². The Kier molecular flexibility index (Phi) is 2.31. The number of halogens is 1. The molecule has 0 nitrogen and oxygen atoms in total. The maximum absolute atomic E-state index is 11.9. The molecule has 1 aliphatic rings. The summed E-state index contributed by atoms with van der Waals surface area (Å²) in [7, 11) is 0. The van der Waals surface area contributed by atoms with Gasteiger partial charge in [-0.05, 0) is 25.2 Å². The minimum Gasteiger partial charge on any atom is -0.251 e. The number of hydrogen-bond acceptors (Lipinski definition) is 0. The van der Waals surface area contributed by atoms with Gasteiger partial charge in [-0.15, -0.1) is 0 Å². The molecule has 0 aromatic heterocycles. The van der Waals surface area contributed by atoms with E-state index in [0.717, 1.165) is 12.8 Å². The highest BCUT2D eigenvalue weighted by atomic mass is 19.1. The molecule has 0 saturated heterocycles. The second-order valence-corrected chi connectivity index (χ2v) is 2.48. The summed E-state index contributed by atoms with van der Waals surface area (Å²) >= 11 is 0. The molecular weight excluding hydrogens is 103 g/mol. The highest BCUT2D eigenvalue weighted by Crippen LogP contribution is 2.22. The number of hydrogen-bond donors (Lipinski definition) is 0. The highest BCUT2D eigenvalue weighted by molar-refractivity contribution is 4.76. The quantitative estimate of drug-likeness (QED) is 0.492. The lowest BCUT2D eigenvalue weighted by atomic mass is 9.90.